The number of nitrogens with zero attached hydrogens (tertiary/aromatic N) is 2. The lowest BCUT2D eigenvalue weighted by molar-refractivity contribution is -0.0103. The smallest absolute Gasteiger partial charge is 0.0635 e. The van der Waals surface area contributed by atoms with Crippen LogP contribution in [0.5, 0.6) is 0 Å². The molecule has 1 aromatic carbocycles. The van der Waals surface area contributed by atoms with Crippen molar-refractivity contribution < 1.29 is 4.74 Å². The van der Waals surface area contributed by atoms with Crippen LogP contribution >= 0.6 is 0 Å². The van der Waals surface area contributed by atoms with Gasteiger partial charge in [0, 0.05) is 45.5 Å². The summed E-state index contributed by atoms with van der Waals surface area (Å²) in [6, 6.07) is 9.29. The molecule has 1 unspecified atom stereocenters. The number of hydrogen-bond donors (Lipinski definition) is 1. The maximum absolute atomic E-state index is 5.56. The summed E-state index contributed by atoms with van der Waals surface area (Å²) in [5.41, 5.74) is 2.62. The average Bonchev–Trinajstić information content (AvgIpc) is 2.42. The summed E-state index contributed by atoms with van der Waals surface area (Å²) >= 11 is 0. The SMILES string of the molecule is CNCC1COCCN1Cc1ccc(N(C)C)cc1. The fraction of sp³-hybridized carbons (Fsp3) is 0.600. The molecule has 0 aliphatic carbocycles. The van der Waals surface area contributed by atoms with Crippen molar-refractivity contribution in [3.8, 4) is 0 Å². The van der Waals surface area contributed by atoms with E-state index in [1.165, 1.54) is 11.3 Å². The molecule has 2 rings (SSSR count). The molecule has 0 saturated carbocycles. The summed E-state index contributed by atoms with van der Waals surface area (Å²) in [5.74, 6) is 0. The largest absolute Gasteiger partial charge is 0.378 e. The molecule has 1 aliphatic heterocycles. The highest BCUT2D eigenvalue weighted by Gasteiger charge is 2.22. The minimum absolute atomic E-state index is 0.479. The molecule has 4 heteroatoms. The third-order valence-corrected chi connectivity index (χ3v) is 3.63. The molecule has 1 aliphatic rings. The zero-order valence-electron chi connectivity index (χ0n) is 12.2. The van der Waals surface area contributed by atoms with E-state index in [-0.39, 0.29) is 0 Å². The molecular weight excluding hydrogens is 238 g/mol. The standard InChI is InChI=1S/C15H25N3O/c1-16-10-15-12-19-9-8-18(15)11-13-4-6-14(7-5-13)17(2)3/h4-7,15-16H,8-12H2,1-3H3. The molecular formula is C15H25N3O. The Morgan fingerprint density at radius 1 is 1.32 bits per heavy atom. The molecule has 0 bridgehead atoms. The molecule has 19 heavy (non-hydrogen) atoms. The summed E-state index contributed by atoms with van der Waals surface area (Å²) in [6.45, 7) is 4.67. The van der Waals surface area contributed by atoms with Gasteiger partial charge in [0.1, 0.15) is 0 Å². The van der Waals surface area contributed by atoms with Crippen molar-refractivity contribution >= 4 is 5.69 Å². The Morgan fingerprint density at radius 2 is 2.05 bits per heavy atom. The monoisotopic (exact) mass is 263 g/mol. The molecule has 0 amide bonds. The quantitative estimate of drug-likeness (QED) is 0.863. The second kappa shape index (κ2) is 6.89. The van der Waals surface area contributed by atoms with Gasteiger partial charge in [-0.3, -0.25) is 4.90 Å². The van der Waals surface area contributed by atoms with Gasteiger partial charge in [0.25, 0.3) is 0 Å². The zero-order valence-corrected chi connectivity index (χ0v) is 12.2. The van der Waals surface area contributed by atoms with Crippen LogP contribution in [0.25, 0.3) is 0 Å². The number of anilines is 1. The molecule has 4 nitrogen and oxygen atoms in total. The number of benzene rings is 1. The van der Waals surface area contributed by atoms with Gasteiger partial charge < -0.3 is 15.0 Å². The molecule has 1 saturated heterocycles. The van der Waals surface area contributed by atoms with Crippen molar-refractivity contribution in [2.24, 2.45) is 0 Å². The Bertz CT molecular complexity index is 375. The maximum Gasteiger partial charge on any atom is 0.0635 e. The first-order valence-corrected chi connectivity index (χ1v) is 6.93. The minimum Gasteiger partial charge on any atom is -0.378 e. The van der Waals surface area contributed by atoms with Crippen molar-refractivity contribution in [3.05, 3.63) is 29.8 Å². The number of ether oxygens (including phenoxy) is 1. The van der Waals surface area contributed by atoms with Crippen LogP contribution in [0.4, 0.5) is 5.69 Å². The normalized spacial score (nSPS) is 20.5. The van der Waals surface area contributed by atoms with Crippen LogP contribution in [0.15, 0.2) is 24.3 Å². The van der Waals surface area contributed by atoms with E-state index in [1.54, 1.807) is 0 Å². The predicted molar refractivity (Wildman–Crippen MR) is 79.7 cm³/mol. The highest BCUT2D eigenvalue weighted by Crippen LogP contribution is 2.16. The van der Waals surface area contributed by atoms with E-state index in [1.807, 2.05) is 7.05 Å². The fourth-order valence-electron chi connectivity index (χ4n) is 2.45. The second-order valence-electron chi connectivity index (χ2n) is 5.32. The first-order valence-electron chi connectivity index (χ1n) is 6.93. The number of nitrogens with one attached hydrogen (secondary N) is 1. The summed E-state index contributed by atoms with van der Waals surface area (Å²) in [5, 5.41) is 3.25. The van der Waals surface area contributed by atoms with Crippen molar-refractivity contribution in [2.75, 3.05) is 52.3 Å². The van der Waals surface area contributed by atoms with E-state index in [0.29, 0.717) is 6.04 Å². The highest BCUT2D eigenvalue weighted by molar-refractivity contribution is 5.45. The van der Waals surface area contributed by atoms with Crippen molar-refractivity contribution in [1.82, 2.24) is 10.2 Å². The van der Waals surface area contributed by atoms with Gasteiger partial charge in [-0.15, -0.1) is 0 Å². The Labute approximate surface area is 116 Å². The van der Waals surface area contributed by atoms with Gasteiger partial charge in [-0.1, -0.05) is 12.1 Å². The molecule has 1 heterocycles. The first kappa shape index (κ1) is 14.3. The lowest BCUT2D eigenvalue weighted by atomic mass is 10.1. The fourth-order valence-corrected chi connectivity index (χ4v) is 2.45. The number of likely N-dealkylation sites (N-methyl/N-ethyl adjacent to an activating group) is 1. The van der Waals surface area contributed by atoms with Crippen LogP contribution in [-0.4, -0.2) is 58.4 Å². The Balaban J connectivity index is 1.98. The van der Waals surface area contributed by atoms with E-state index >= 15 is 0 Å². The molecule has 0 spiro atoms. The van der Waals surface area contributed by atoms with Crippen LogP contribution in [0.3, 0.4) is 0 Å². The van der Waals surface area contributed by atoms with E-state index in [9.17, 15) is 0 Å². The van der Waals surface area contributed by atoms with Crippen LogP contribution in [-0.2, 0) is 11.3 Å². The van der Waals surface area contributed by atoms with Gasteiger partial charge in [0.2, 0.25) is 0 Å². The molecule has 1 aromatic rings. The van der Waals surface area contributed by atoms with Gasteiger partial charge in [-0.2, -0.15) is 0 Å². The molecule has 0 aromatic heterocycles. The van der Waals surface area contributed by atoms with E-state index < -0.39 is 0 Å². The van der Waals surface area contributed by atoms with Gasteiger partial charge in [0.05, 0.1) is 13.2 Å². The van der Waals surface area contributed by atoms with Gasteiger partial charge >= 0.3 is 0 Å². The second-order valence-corrected chi connectivity index (χ2v) is 5.32. The molecule has 1 N–H and O–H groups in total. The van der Waals surface area contributed by atoms with Crippen molar-refractivity contribution in [1.29, 1.82) is 0 Å². The summed E-state index contributed by atoms with van der Waals surface area (Å²) in [4.78, 5) is 4.63. The third-order valence-electron chi connectivity index (χ3n) is 3.63. The Hall–Kier alpha value is -1.10. The van der Waals surface area contributed by atoms with E-state index in [0.717, 1.165) is 32.8 Å². The molecule has 1 atom stereocenters. The Morgan fingerprint density at radius 3 is 2.68 bits per heavy atom. The van der Waals surface area contributed by atoms with Crippen LogP contribution < -0.4 is 10.2 Å². The average molecular weight is 263 g/mol. The van der Waals surface area contributed by atoms with Gasteiger partial charge in [-0.05, 0) is 24.7 Å². The molecule has 1 fully saturated rings. The maximum atomic E-state index is 5.56. The van der Waals surface area contributed by atoms with Gasteiger partial charge in [-0.25, -0.2) is 0 Å². The van der Waals surface area contributed by atoms with E-state index in [2.05, 4.69) is 53.5 Å². The van der Waals surface area contributed by atoms with Gasteiger partial charge in [0.15, 0.2) is 0 Å². The third kappa shape index (κ3) is 3.93. The van der Waals surface area contributed by atoms with Crippen LogP contribution in [0.1, 0.15) is 5.56 Å². The van der Waals surface area contributed by atoms with Crippen molar-refractivity contribution in [3.63, 3.8) is 0 Å². The number of hydrogen-bond acceptors (Lipinski definition) is 4. The van der Waals surface area contributed by atoms with Crippen LogP contribution in [0, 0.1) is 0 Å². The first-order chi connectivity index (χ1) is 9.20. The van der Waals surface area contributed by atoms with E-state index in [4.69, 9.17) is 4.74 Å². The summed E-state index contributed by atoms with van der Waals surface area (Å²) in [7, 11) is 6.14. The lowest BCUT2D eigenvalue weighted by Crippen LogP contribution is -2.49. The predicted octanol–water partition coefficient (Wildman–Crippen LogP) is 1.17. The zero-order chi connectivity index (χ0) is 13.7. The summed E-state index contributed by atoms with van der Waals surface area (Å²) in [6.07, 6.45) is 0. The highest BCUT2D eigenvalue weighted by atomic mass is 16.5. The van der Waals surface area contributed by atoms with Crippen molar-refractivity contribution in [2.45, 2.75) is 12.6 Å². The molecule has 106 valence electrons. The number of rotatable bonds is 5. The minimum atomic E-state index is 0.479. The Kier molecular flexibility index (Phi) is 5.19. The van der Waals surface area contributed by atoms with Crippen LogP contribution in [0.2, 0.25) is 0 Å². The number of morpholine rings is 1. The summed E-state index contributed by atoms with van der Waals surface area (Å²) < 4.78 is 5.56. The molecule has 0 radical (unpaired) electrons. The lowest BCUT2D eigenvalue weighted by Gasteiger charge is -2.35. The topological polar surface area (TPSA) is 27.7 Å².